The summed E-state index contributed by atoms with van der Waals surface area (Å²) in [5.41, 5.74) is 0.246. The van der Waals surface area contributed by atoms with E-state index in [2.05, 4.69) is 13.8 Å². The van der Waals surface area contributed by atoms with Gasteiger partial charge in [0, 0.05) is 12.6 Å². The normalized spacial score (nSPS) is 20.5. The number of carbonyl (C=O) groups is 1. The lowest BCUT2D eigenvalue weighted by molar-refractivity contribution is 0.112. The van der Waals surface area contributed by atoms with E-state index >= 15 is 0 Å². The zero-order valence-corrected chi connectivity index (χ0v) is 13.9. The summed E-state index contributed by atoms with van der Waals surface area (Å²) in [4.78, 5) is 38.0. The third-order valence-electron chi connectivity index (χ3n) is 4.52. The number of hydrogen-bond acceptors (Lipinski definition) is 4. The molecule has 3 rings (SSSR count). The van der Waals surface area contributed by atoms with Crippen molar-refractivity contribution in [3.8, 4) is 0 Å². The first-order valence-electron chi connectivity index (χ1n) is 7.74. The molecule has 22 heavy (non-hydrogen) atoms. The Labute approximate surface area is 132 Å². The third kappa shape index (κ3) is 2.17. The molecule has 0 spiro atoms. The quantitative estimate of drug-likeness (QED) is 0.796. The summed E-state index contributed by atoms with van der Waals surface area (Å²) in [6.45, 7) is 6.50. The molecule has 1 aliphatic rings. The first kappa shape index (κ1) is 15.2. The van der Waals surface area contributed by atoms with Crippen molar-refractivity contribution in [2.24, 2.45) is 5.92 Å². The fourth-order valence-corrected chi connectivity index (χ4v) is 4.10. The SMILES string of the molecule is CCCCn1c(=O)n([C@H]2C[C@@H]2C)c(=O)c2c(C)c(C=O)sc21. The van der Waals surface area contributed by atoms with Crippen LogP contribution in [0.3, 0.4) is 0 Å². The molecule has 0 aliphatic heterocycles. The maximum Gasteiger partial charge on any atom is 0.332 e. The van der Waals surface area contributed by atoms with Crippen molar-refractivity contribution in [1.82, 2.24) is 9.13 Å². The van der Waals surface area contributed by atoms with Crippen LogP contribution in [-0.4, -0.2) is 15.4 Å². The highest BCUT2D eigenvalue weighted by atomic mass is 32.1. The van der Waals surface area contributed by atoms with E-state index in [0.29, 0.717) is 33.1 Å². The molecule has 2 heterocycles. The first-order chi connectivity index (χ1) is 10.5. The summed E-state index contributed by atoms with van der Waals surface area (Å²) in [6, 6.07) is 0.0104. The van der Waals surface area contributed by atoms with Gasteiger partial charge >= 0.3 is 5.69 Å². The summed E-state index contributed by atoms with van der Waals surface area (Å²) in [6.07, 6.45) is 3.49. The Morgan fingerprint density at radius 1 is 1.36 bits per heavy atom. The van der Waals surface area contributed by atoms with Crippen LogP contribution in [0.4, 0.5) is 0 Å². The third-order valence-corrected chi connectivity index (χ3v) is 5.76. The van der Waals surface area contributed by atoms with Crippen LogP contribution in [-0.2, 0) is 6.54 Å². The van der Waals surface area contributed by atoms with Crippen LogP contribution in [0, 0.1) is 12.8 Å². The molecule has 6 heteroatoms. The summed E-state index contributed by atoms with van der Waals surface area (Å²) >= 11 is 1.25. The molecule has 0 unspecified atom stereocenters. The van der Waals surface area contributed by atoms with Gasteiger partial charge in [-0.2, -0.15) is 0 Å². The number of unbranched alkanes of at least 4 members (excludes halogenated alkanes) is 1. The Hall–Kier alpha value is -1.69. The van der Waals surface area contributed by atoms with E-state index in [0.717, 1.165) is 25.5 Å². The number of carbonyl (C=O) groups excluding carboxylic acids is 1. The summed E-state index contributed by atoms with van der Waals surface area (Å²) < 4.78 is 3.10. The van der Waals surface area contributed by atoms with E-state index in [1.165, 1.54) is 15.9 Å². The zero-order valence-electron chi connectivity index (χ0n) is 13.1. The molecule has 2 atom stereocenters. The van der Waals surface area contributed by atoms with Gasteiger partial charge in [-0.15, -0.1) is 11.3 Å². The van der Waals surface area contributed by atoms with E-state index in [1.54, 1.807) is 11.5 Å². The van der Waals surface area contributed by atoms with Crippen molar-refractivity contribution in [2.45, 2.75) is 52.6 Å². The average Bonchev–Trinajstić information content (AvgIpc) is 3.09. The molecule has 2 aromatic rings. The molecule has 0 bridgehead atoms. The van der Waals surface area contributed by atoms with Crippen molar-refractivity contribution in [1.29, 1.82) is 0 Å². The number of aldehydes is 1. The van der Waals surface area contributed by atoms with Gasteiger partial charge in [-0.05, 0) is 31.2 Å². The minimum absolute atomic E-state index is 0.0104. The number of fused-ring (bicyclic) bond motifs is 1. The van der Waals surface area contributed by atoms with Gasteiger partial charge in [-0.25, -0.2) is 4.79 Å². The van der Waals surface area contributed by atoms with E-state index in [9.17, 15) is 14.4 Å². The second-order valence-electron chi connectivity index (χ2n) is 6.13. The molecule has 0 aromatic carbocycles. The fourth-order valence-electron chi connectivity index (χ4n) is 2.96. The molecule has 1 aliphatic carbocycles. The predicted octanol–water partition coefficient (Wildman–Crippen LogP) is 2.73. The van der Waals surface area contributed by atoms with E-state index < -0.39 is 0 Å². The van der Waals surface area contributed by atoms with Crippen molar-refractivity contribution < 1.29 is 4.79 Å². The molecule has 0 saturated heterocycles. The molecule has 0 radical (unpaired) electrons. The van der Waals surface area contributed by atoms with Crippen LogP contribution in [0.15, 0.2) is 9.59 Å². The number of nitrogens with zero attached hydrogens (tertiary/aromatic N) is 2. The Bertz CT molecular complexity index is 859. The molecule has 1 fully saturated rings. The summed E-state index contributed by atoms with van der Waals surface area (Å²) in [5.74, 6) is 0.368. The number of aryl methyl sites for hydroxylation is 2. The van der Waals surface area contributed by atoms with E-state index in [4.69, 9.17) is 0 Å². The topological polar surface area (TPSA) is 61.1 Å². The molecule has 2 aromatic heterocycles. The van der Waals surface area contributed by atoms with Gasteiger partial charge in [-0.1, -0.05) is 20.3 Å². The highest BCUT2D eigenvalue weighted by molar-refractivity contribution is 7.20. The molecule has 5 nitrogen and oxygen atoms in total. The molecule has 118 valence electrons. The molecule has 1 saturated carbocycles. The zero-order chi connectivity index (χ0) is 16.0. The smallest absolute Gasteiger partial charge is 0.297 e. The van der Waals surface area contributed by atoms with Crippen molar-refractivity contribution in [3.63, 3.8) is 0 Å². The maximum atomic E-state index is 12.8. The highest BCUT2D eigenvalue weighted by Gasteiger charge is 2.38. The molecular formula is C16H20N2O3S. The Balaban J connectivity index is 2.37. The molecular weight excluding hydrogens is 300 g/mol. The minimum Gasteiger partial charge on any atom is -0.297 e. The maximum absolute atomic E-state index is 12.8. The lowest BCUT2D eigenvalue weighted by atomic mass is 10.2. The van der Waals surface area contributed by atoms with Gasteiger partial charge in [0.15, 0.2) is 6.29 Å². The Morgan fingerprint density at radius 2 is 2.05 bits per heavy atom. The molecule has 0 amide bonds. The van der Waals surface area contributed by atoms with Crippen LogP contribution in [0.2, 0.25) is 0 Å². The number of rotatable bonds is 5. The number of hydrogen-bond donors (Lipinski definition) is 0. The van der Waals surface area contributed by atoms with Crippen LogP contribution >= 0.6 is 11.3 Å². The van der Waals surface area contributed by atoms with Gasteiger partial charge in [0.2, 0.25) is 0 Å². The Morgan fingerprint density at radius 3 is 2.59 bits per heavy atom. The predicted molar refractivity (Wildman–Crippen MR) is 88.2 cm³/mol. The van der Waals surface area contributed by atoms with E-state index in [-0.39, 0.29) is 17.3 Å². The largest absolute Gasteiger partial charge is 0.332 e. The monoisotopic (exact) mass is 320 g/mol. The van der Waals surface area contributed by atoms with Gasteiger partial charge in [0.05, 0.1) is 10.3 Å². The fraction of sp³-hybridized carbons (Fsp3) is 0.562. The standard InChI is InChI=1S/C16H20N2O3S/c1-4-5-6-17-15-13(10(3)12(8-19)22-15)14(20)18(16(17)21)11-7-9(11)2/h8-9,11H,4-7H2,1-3H3/t9-,11-/m0/s1. The average molecular weight is 320 g/mol. The van der Waals surface area contributed by atoms with Gasteiger partial charge in [-0.3, -0.25) is 18.7 Å². The lowest BCUT2D eigenvalue weighted by Crippen LogP contribution is -2.39. The van der Waals surface area contributed by atoms with Crippen molar-refractivity contribution >= 4 is 27.8 Å². The van der Waals surface area contributed by atoms with Crippen LogP contribution < -0.4 is 11.2 Å². The summed E-state index contributed by atoms with van der Waals surface area (Å²) in [7, 11) is 0. The summed E-state index contributed by atoms with van der Waals surface area (Å²) in [5, 5.41) is 0.543. The number of thiophene rings is 1. The second-order valence-corrected chi connectivity index (χ2v) is 7.16. The van der Waals surface area contributed by atoms with Crippen LogP contribution in [0.1, 0.15) is 54.4 Å². The Kier molecular flexibility index (Phi) is 3.80. The van der Waals surface area contributed by atoms with Gasteiger partial charge in [0.25, 0.3) is 5.56 Å². The highest BCUT2D eigenvalue weighted by Crippen LogP contribution is 2.41. The van der Waals surface area contributed by atoms with E-state index in [1.807, 2.05) is 0 Å². The van der Waals surface area contributed by atoms with Crippen molar-refractivity contribution in [3.05, 3.63) is 31.3 Å². The van der Waals surface area contributed by atoms with Crippen LogP contribution in [0.5, 0.6) is 0 Å². The van der Waals surface area contributed by atoms with Gasteiger partial charge in [0.1, 0.15) is 4.83 Å². The van der Waals surface area contributed by atoms with Gasteiger partial charge < -0.3 is 0 Å². The lowest BCUT2D eigenvalue weighted by Gasteiger charge is -2.11. The van der Waals surface area contributed by atoms with Crippen molar-refractivity contribution in [2.75, 3.05) is 0 Å². The van der Waals surface area contributed by atoms with Crippen LogP contribution in [0.25, 0.3) is 10.2 Å². The number of aromatic nitrogens is 2. The molecule has 0 N–H and O–H groups in total. The minimum atomic E-state index is -0.232. The second kappa shape index (κ2) is 5.50. The first-order valence-corrected chi connectivity index (χ1v) is 8.56.